The van der Waals surface area contributed by atoms with E-state index in [2.05, 4.69) is 0 Å². The summed E-state index contributed by atoms with van der Waals surface area (Å²) in [7, 11) is 0. The summed E-state index contributed by atoms with van der Waals surface area (Å²) in [5.41, 5.74) is 0.338. The normalized spacial score (nSPS) is 46.6. The van der Waals surface area contributed by atoms with Gasteiger partial charge < -0.3 is 109 Å². The third-order valence-corrected chi connectivity index (χ3v) is 9.57. The average molecular weight is 773 g/mol. The SMILES string of the molecule is OCc1ccccc1O[C@@H]1O[C@H](CO)[C@@H](O[C@H]2O[C@H](CO)[C@@H](O[C@H]3O[C@H](CO)[C@@H](O[C@H]4O[C@H](CO)[C@@H](O)[C@H](O)[C@H]4O)[C@H](O)[C@H]3O)[C@H](O)[C@H]2O)[C@H](O)[C@H]1O. The van der Waals surface area contributed by atoms with E-state index in [1.165, 1.54) is 6.07 Å². The number of benzene rings is 1. The summed E-state index contributed by atoms with van der Waals surface area (Å²) in [5.74, 6) is 0.120. The van der Waals surface area contributed by atoms with Crippen LogP contribution in [-0.2, 0) is 39.8 Å². The van der Waals surface area contributed by atoms with Crippen molar-refractivity contribution < 1.29 is 109 Å². The van der Waals surface area contributed by atoms with E-state index in [4.69, 9.17) is 37.9 Å². The Labute approximate surface area is 301 Å². The highest BCUT2D eigenvalue weighted by Gasteiger charge is 2.55. The molecule has 4 aliphatic rings. The van der Waals surface area contributed by atoms with Gasteiger partial charge in [-0.15, -0.1) is 0 Å². The average Bonchev–Trinajstić information content (AvgIpc) is 3.16. The van der Waals surface area contributed by atoms with Gasteiger partial charge in [0.05, 0.1) is 33.0 Å². The molecule has 22 nitrogen and oxygen atoms in total. The van der Waals surface area contributed by atoms with Crippen molar-refractivity contribution in [3.63, 3.8) is 0 Å². The number of hydrogen-bond donors (Lipinski definition) is 14. The van der Waals surface area contributed by atoms with Crippen LogP contribution < -0.4 is 4.74 Å². The molecule has 53 heavy (non-hydrogen) atoms. The molecule has 22 heteroatoms. The van der Waals surface area contributed by atoms with Crippen LogP contribution >= 0.6 is 0 Å². The van der Waals surface area contributed by atoms with E-state index < -0.39 is 156 Å². The zero-order chi connectivity index (χ0) is 38.7. The maximum Gasteiger partial charge on any atom is 0.229 e. The van der Waals surface area contributed by atoms with Crippen molar-refractivity contribution in [3.05, 3.63) is 29.8 Å². The van der Waals surface area contributed by atoms with E-state index in [0.717, 1.165) is 0 Å². The predicted octanol–water partition coefficient (Wildman–Crippen LogP) is -8.17. The zero-order valence-electron chi connectivity index (χ0n) is 27.9. The van der Waals surface area contributed by atoms with E-state index in [9.17, 15) is 71.5 Å². The van der Waals surface area contributed by atoms with Gasteiger partial charge in [0.25, 0.3) is 0 Å². The highest BCUT2D eigenvalue weighted by molar-refractivity contribution is 5.32. The van der Waals surface area contributed by atoms with E-state index >= 15 is 0 Å². The molecule has 0 amide bonds. The molecule has 0 aliphatic carbocycles. The number of aliphatic hydroxyl groups is 14. The van der Waals surface area contributed by atoms with Gasteiger partial charge in [-0.25, -0.2) is 0 Å². The van der Waals surface area contributed by atoms with Gasteiger partial charge in [0.2, 0.25) is 6.29 Å². The quantitative estimate of drug-likeness (QED) is 0.0885. The minimum atomic E-state index is -2.04. The molecule has 0 bridgehead atoms. The Morgan fingerprint density at radius 3 is 1.19 bits per heavy atom. The van der Waals surface area contributed by atoms with Gasteiger partial charge in [-0.3, -0.25) is 0 Å². The van der Waals surface area contributed by atoms with Gasteiger partial charge in [-0.2, -0.15) is 0 Å². The maximum absolute atomic E-state index is 11.1. The highest BCUT2D eigenvalue weighted by Crippen LogP contribution is 2.35. The molecule has 4 fully saturated rings. The minimum absolute atomic E-state index is 0.120. The molecule has 0 aromatic heterocycles. The molecule has 20 atom stereocenters. The first-order valence-corrected chi connectivity index (χ1v) is 16.8. The molecule has 4 aliphatic heterocycles. The molecular weight excluding hydrogens is 724 g/mol. The fraction of sp³-hybridized carbons (Fsp3) is 0.806. The Kier molecular flexibility index (Phi) is 14.7. The number of ether oxygens (including phenoxy) is 8. The number of rotatable bonds is 13. The topological polar surface area (TPSA) is 357 Å². The Morgan fingerprint density at radius 1 is 0.415 bits per heavy atom. The second-order valence-corrected chi connectivity index (χ2v) is 13.0. The van der Waals surface area contributed by atoms with Crippen molar-refractivity contribution in [2.45, 2.75) is 129 Å². The van der Waals surface area contributed by atoms with Crippen LogP contribution in [0.3, 0.4) is 0 Å². The van der Waals surface area contributed by atoms with Gasteiger partial charge in [0.1, 0.15) is 103 Å². The molecule has 4 saturated heterocycles. The van der Waals surface area contributed by atoms with Crippen molar-refractivity contribution in [1.82, 2.24) is 0 Å². The molecule has 14 N–H and O–H groups in total. The lowest BCUT2D eigenvalue weighted by molar-refractivity contribution is -0.387. The summed E-state index contributed by atoms with van der Waals surface area (Å²) in [6, 6.07) is 6.24. The molecule has 0 unspecified atom stereocenters. The van der Waals surface area contributed by atoms with Gasteiger partial charge in [-0.1, -0.05) is 18.2 Å². The maximum atomic E-state index is 11.1. The summed E-state index contributed by atoms with van der Waals surface area (Å²) in [6.45, 7) is -3.82. The summed E-state index contributed by atoms with van der Waals surface area (Å²) < 4.78 is 44.5. The van der Waals surface area contributed by atoms with Crippen LogP contribution in [-0.4, -0.2) is 221 Å². The lowest BCUT2D eigenvalue weighted by Gasteiger charge is -2.49. The molecule has 5 rings (SSSR count). The van der Waals surface area contributed by atoms with E-state index in [1.54, 1.807) is 18.2 Å². The van der Waals surface area contributed by atoms with Gasteiger partial charge in [0, 0.05) is 5.56 Å². The zero-order valence-corrected chi connectivity index (χ0v) is 27.9. The highest BCUT2D eigenvalue weighted by atomic mass is 16.8. The van der Waals surface area contributed by atoms with Gasteiger partial charge in [0.15, 0.2) is 18.9 Å². The minimum Gasteiger partial charge on any atom is -0.462 e. The Hall–Kier alpha value is -1.82. The van der Waals surface area contributed by atoms with Crippen LogP contribution in [0.1, 0.15) is 5.56 Å². The van der Waals surface area contributed by atoms with Crippen molar-refractivity contribution in [1.29, 1.82) is 0 Å². The number of hydrogen-bond acceptors (Lipinski definition) is 22. The van der Waals surface area contributed by atoms with Crippen LogP contribution in [0.2, 0.25) is 0 Å². The van der Waals surface area contributed by atoms with Crippen LogP contribution in [0.15, 0.2) is 24.3 Å². The molecular formula is C31H48O22. The van der Waals surface area contributed by atoms with E-state index in [-0.39, 0.29) is 5.75 Å². The van der Waals surface area contributed by atoms with Crippen molar-refractivity contribution in [2.24, 2.45) is 0 Å². The number of para-hydroxylation sites is 1. The second-order valence-electron chi connectivity index (χ2n) is 13.0. The van der Waals surface area contributed by atoms with Gasteiger partial charge in [-0.05, 0) is 6.07 Å². The first-order valence-electron chi connectivity index (χ1n) is 16.8. The number of aliphatic hydroxyl groups excluding tert-OH is 14. The fourth-order valence-corrected chi connectivity index (χ4v) is 6.50. The molecule has 1 aromatic carbocycles. The molecule has 4 heterocycles. The largest absolute Gasteiger partial charge is 0.462 e. The molecule has 304 valence electrons. The van der Waals surface area contributed by atoms with E-state index in [1.807, 2.05) is 0 Å². The van der Waals surface area contributed by atoms with Crippen LogP contribution in [0.25, 0.3) is 0 Å². The predicted molar refractivity (Wildman–Crippen MR) is 165 cm³/mol. The van der Waals surface area contributed by atoms with Crippen LogP contribution in [0, 0.1) is 0 Å². The lowest BCUT2D eigenvalue weighted by atomic mass is 9.95. The molecule has 0 saturated carbocycles. The van der Waals surface area contributed by atoms with E-state index in [0.29, 0.717) is 5.56 Å². The van der Waals surface area contributed by atoms with Crippen molar-refractivity contribution in [2.75, 3.05) is 26.4 Å². The fourth-order valence-electron chi connectivity index (χ4n) is 6.50. The Bertz CT molecular complexity index is 1270. The second kappa shape index (κ2) is 18.4. The Balaban J connectivity index is 1.23. The Morgan fingerprint density at radius 2 is 0.774 bits per heavy atom. The van der Waals surface area contributed by atoms with Crippen LogP contribution in [0.4, 0.5) is 0 Å². The first-order chi connectivity index (χ1) is 25.3. The third-order valence-electron chi connectivity index (χ3n) is 9.57. The molecule has 1 aromatic rings. The standard InChI is InChI=1S/C31H48O22/c32-5-10-3-1-2-4-11(10)46-28-22(43)18(39)25(13(7-34)48-28)52-30-24(45)20(41)27(15(9-36)50-30)53-31-23(44)19(40)26(14(8-35)49-31)51-29-21(42)17(38)16(37)12(6-33)47-29/h1-4,12-45H,5-9H2/t12-,13-,14-,15-,16-,17+,18-,19-,20-,21-,22-,23-,24-,25-,26-,27-,28-,29-,30-,31-/m1/s1. The third kappa shape index (κ3) is 8.78. The monoisotopic (exact) mass is 772 g/mol. The van der Waals surface area contributed by atoms with Gasteiger partial charge >= 0.3 is 0 Å². The van der Waals surface area contributed by atoms with Crippen molar-refractivity contribution >= 4 is 0 Å². The lowest BCUT2D eigenvalue weighted by Crippen LogP contribution is -2.67. The molecule has 0 radical (unpaired) electrons. The van der Waals surface area contributed by atoms with Crippen molar-refractivity contribution in [3.8, 4) is 5.75 Å². The smallest absolute Gasteiger partial charge is 0.229 e. The molecule has 0 spiro atoms. The summed E-state index contributed by atoms with van der Waals surface area (Å²) in [6.07, 6.45) is -35.2. The summed E-state index contributed by atoms with van der Waals surface area (Å²) in [4.78, 5) is 0. The summed E-state index contributed by atoms with van der Waals surface area (Å²) in [5, 5.41) is 145. The summed E-state index contributed by atoms with van der Waals surface area (Å²) >= 11 is 0. The first kappa shape index (κ1) is 42.3. The van der Waals surface area contributed by atoms with Crippen LogP contribution in [0.5, 0.6) is 5.75 Å².